The van der Waals surface area contributed by atoms with Crippen LogP contribution < -0.4 is 5.73 Å². The molecule has 0 radical (unpaired) electrons. The van der Waals surface area contributed by atoms with Crippen LogP contribution in [0.15, 0.2) is 18.2 Å². The largest absolute Gasteiger partial charge is 0.399 e. The van der Waals surface area contributed by atoms with Gasteiger partial charge in [0.25, 0.3) is 5.91 Å². The van der Waals surface area contributed by atoms with E-state index in [9.17, 15) is 4.79 Å². The molecular weight excluding hydrogens is 250 g/mol. The summed E-state index contributed by atoms with van der Waals surface area (Å²) < 4.78 is 0. The molecule has 1 amide bonds. The number of hydrogen-bond donors (Lipinski definition) is 1. The molecule has 0 unspecified atom stereocenters. The Morgan fingerprint density at radius 2 is 1.90 bits per heavy atom. The van der Waals surface area contributed by atoms with Gasteiger partial charge in [-0.2, -0.15) is 0 Å². The van der Waals surface area contributed by atoms with Crippen molar-refractivity contribution in [2.45, 2.75) is 20.8 Å². The average Bonchev–Trinajstić information content (AvgIpc) is 2.41. The number of piperazine rings is 1. The van der Waals surface area contributed by atoms with Crippen LogP contribution in [0.3, 0.4) is 0 Å². The number of nitrogens with zero attached hydrogens (tertiary/aromatic N) is 2. The Morgan fingerprint density at radius 3 is 2.45 bits per heavy atom. The van der Waals surface area contributed by atoms with E-state index in [0.29, 0.717) is 5.92 Å². The van der Waals surface area contributed by atoms with E-state index in [1.165, 1.54) is 0 Å². The number of nitrogens with two attached hydrogens (primary N) is 1. The van der Waals surface area contributed by atoms with Crippen LogP contribution in [0.1, 0.15) is 29.8 Å². The number of hydrogen-bond acceptors (Lipinski definition) is 3. The fourth-order valence-corrected chi connectivity index (χ4v) is 2.64. The van der Waals surface area contributed by atoms with Gasteiger partial charge in [-0.05, 0) is 36.6 Å². The lowest BCUT2D eigenvalue weighted by Crippen LogP contribution is -2.49. The molecule has 110 valence electrons. The molecule has 4 nitrogen and oxygen atoms in total. The molecule has 0 aromatic heterocycles. The Labute approximate surface area is 121 Å². The Kier molecular flexibility index (Phi) is 4.65. The molecule has 1 heterocycles. The number of aryl methyl sites for hydroxylation is 1. The van der Waals surface area contributed by atoms with E-state index in [2.05, 4.69) is 18.7 Å². The van der Waals surface area contributed by atoms with Crippen LogP contribution in [0, 0.1) is 12.8 Å². The first kappa shape index (κ1) is 14.9. The number of anilines is 1. The second-order valence-corrected chi connectivity index (χ2v) is 6.06. The Bertz CT molecular complexity index is 477. The minimum absolute atomic E-state index is 0.122. The fourth-order valence-electron chi connectivity index (χ4n) is 2.64. The van der Waals surface area contributed by atoms with Crippen molar-refractivity contribution in [2.75, 3.05) is 38.5 Å². The highest BCUT2D eigenvalue weighted by atomic mass is 16.2. The van der Waals surface area contributed by atoms with Gasteiger partial charge in [0, 0.05) is 44.0 Å². The number of amides is 1. The molecule has 0 saturated carbocycles. The maximum atomic E-state index is 12.5. The van der Waals surface area contributed by atoms with Crippen molar-refractivity contribution in [3.05, 3.63) is 29.3 Å². The lowest BCUT2D eigenvalue weighted by atomic mass is 10.1. The number of carbonyl (C=O) groups excluding carboxylic acids is 1. The summed E-state index contributed by atoms with van der Waals surface area (Å²) in [4.78, 5) is 16.8. The summed E-state index contributed by atoms with van der Waals surface area (Å²) >= 11 is 0. The van der Waals surface area contributed by atoms with Crippen molar-refractivity contribution in [3.8, 4) is 0 Å². The molecule has 1 aliphatic heterocycles. The molecule has 0 aliphatic carbocycles. The van der Waals surface area contributed by atoms with E-state index < -0.39 is 0 Å². The molecule has 2 N–H and O–H groups in total. The Morgan fingerprint density at radius 1 is 1.25 bits per heavy atom. The average molecular weight is 275 g/mol. The summed E-state index contributed by atoms with van der Waals surface area (Å²) in [6.45, 7) is 11.1. The molecule has 4 heteroatoms. The summed E-state index contributed by atoms with van der Waals surface area (Å²) in [7, 11) is 0. The number of carbonyl (C=O) groups is 1. The first-order valence-corrected chi connectivity index (χ1v) is 7.35. The number of nitrogen functional groups attached to an aromatic ring is 1. The molecule has 1 fully saturated rings. The molecule has 1 aromatic rings. The van der Waals surface area contributed by atoms with Crippen LogP contribution in [0.5, 0.6) is 0 Å². The maximum Gasteiger partial charge on any atom is 0.253 e. The lowest BCUT2D eigenvalue weighted by molar-refractivity contribution is 0.0624. The standard InChI is InChI=1S/C16H25N3O/c1-12(2)11-18-6-8-19(9-7-18)16(20)14-4-5-15(17)13(3)10-14/h4-5,10,12H,6-9,11,17H2,1-3H3. The third-order valence-corrected chi connectivity index (χ3v) is 3.80. The van der Waals surface area contributed by atoms with E-state index in [-0.39, 0.29) is 5.91 Å². The summed E-state index contributed by atoms with van der Waals surface area (Å²) in [6, 6.07) is 5.53. The molecular formula is C16H25N3O. The van der Waals surface area contributed by atoms with Crippen molar-refractivity contribution >= 4 is 11.6 Å². The quantitative estimate of drug-likeness (QED) is 0.858. The van der Waals surface area contributed by atoms with Gasteiger partial charge in [0.1, 0.15) is 0 Å². The topological polar surface area (TPSA) is 49.6 Å². The minimum Gasteiger partial charge on any atom is -0.399 e. The van der Waals surface area contributed by atoms with Crippen molar-refractivity contribution in [1.29, 1.82) is 0 Å². The zero-order chi connectivity index (χ0) is 14.7. The molecule has 1 aliphatic rings. The third kappa shape index (κ3) is 3.51. The molecule has 20 heavy (non-hydrogen) atoms. The molecule has 0 bridgehead atoms. The molecule has 2 rings (SSSR count). The van der Waals surface area contributed by atoms with E-state index in [1.54, 1.807) is 0 Å². The first-order chi connectivity index (χ1) is 9.47. The summed E-state index contributed by atoms with van der Waals surface area (Å²) in [5, 5.41) is 0. The summed E-state index contributed by atoms with van der Waals surface area (Å²) in [5.41, 5.74) is 8.25. The number of rotatable bonds is 3. The van der Waals surface area contributed by atoms with Gasteiger partial charge in [-0.25, -0.2) is 0 Å². The van der Waals surface area contributed by atoms with Crippen LogP contribution in [-0.4, -0.2) is 48.4 Å². The summed E-state index contributed by atoms with van der Waals surface area (Å²) in [5.74, 6) is 0.800. The third-order valence-electron chi connectivity index (χ3n) is 3.80. The monoisotopic (exact) mass is 275 g/mol. The van der Waals surface area contributed by atoms with Crippen LogP contribution in [0.25, 0.3) is 0 Å². The molecule has 1 aromatic carbocycles. The van der Waals surface area contributed by atoms with Crippen molar-refractivity contribution in [1.82, 2.24) is 9.80 Å². The van der Waals surface area contributed by atoms with Gasteiger partial charge in [-0.15, -0.1) is 0 Å². The highest BCUT2D eigenvalue weighted by molar-refractivity contribution is 5.95. The Balaban J connectivity index is 1.96. The van der Waals surface area contributed by atoms with Crippen LogP contribution in [0.2, 0.25) is 0 Å². The molecule has 0 spiro atoms. The van der Waals surface area contributed by atoms with Crippen molar-refractivity contribution in [2.24, 2.45) is 5.92 Å². The number of benzene rings is 1. The highest BCUT2D eigenvalue weighted by Crippen LogP contribution is 2.15. The van der Waals surface area contributed by atoms with Gasteiger partial charge >= 0.3 is 0 Å². The van der Waals surface area contributed by atoms with Gasteiger partial charge in [0.15, 0.2) is 0 Å². The van der Waals surface area contributed by atoms with Gasteiger partial charge in [-0.1, -0.05) is 13.8 Å². The van der Waals surface area contributed by atoms with Crippen molar-refractivity contribution in [3.63, 3.8) is 0 Å². The van der Waals surface area contributed by atoms with Crippen LogP contribution in [-0.2, 0) is 0 Å². The predicted molar refractivity (Wildman–Crippen MR) is 82.8 cm³/mol. The van der Waals surface area contributed by atoms with Gasteiger partial charge in [-0.3, -0.25) is 9.69 Å². The van der Waals surface area contributed by atoms with Gasteiger partial charge in [0.05, 0.1) is 0 Å². The fraction of sp³-hybridized carbons (Fsp3) is 0.562. The SMILES string of the molecule is Cc1cc(C(=O)N2CCN(CC(C)C)CC2)ccc1N. The van der Waals surface area contributed by atoms with E-state index in [1.807, 2.05) is 30.0 Å². The van der Waals surface area contributed by atoms with Gasteiger partial charge in [0.2, 0.25) is 0 Å². The second-order valence-electron chi connectivity index (χ2n) is 6.06. The molecule has 0 atom stereocenters. The second kappa shape index (κ2) is 6.27. The van der Waals surface area contributed by atoms with Crippen LogP contribution in [0.4, 0.5) is 5.69 Å². The first-order valence-electron chi connectivity index (χ1n) is 7.35. The normalized spacial score (nSPS) is 16.7. The van der Waals surface area contributed by atoms with E-state index in [0.717, 1.165) is 49.5 Å². The minimum atomic E-state index is 0.122. The zero-order valence-corrected chi connectivity index (χ0v) is 12.7. The zero-order valence-electron chi connectivity index (χ0n) is 12.7. The van der Waals surface area contributed by atoms with Crippen LogP contribution >= 0.6 is 0 Å². The predicted octanol–water partition coefficient (Wildman–Crippen LogP) is 1.99. The smallest absolute Gasteiger partial charge is 0.253 e. The van der Waals surface area contributed by atoms with Crippen molar-refractivity contribution < 1.29 is 4.79 Å². The highest BCUT2D eigenvalue weighted by Gasteiger charge is 2.22. The lowest BCUT2D eigenvalue weighted by Gasteiger charge is -2.35. The Hall–Kier alpha value is -1.55. The van der Waals surface area contributed by atoms with E-state index >= 15 is 0 Å². The molecule has 1 saturated heterocycles. The van der Waals surface area contributed by atoms with Gasteiger partial charge < -0.3 is 10.6 Å². The summed E-state index contributed by atoms with van der Waals surface area (Å²) in [6.07, 6.45) is 0. The maximum absolute atomic E-state index is 12.5. The van der Waals surface area contributed by atoms with E-state index in [4.69, 9.17) is 5.73 Å².